The van der Waals surface area contributed by atoms with Crippen LogP contribution in [0.25, 0.3) is 11.0 Å². The van der Waals surface area contributed by atoms with Crippen molar-refractivity contribution in [2.75, 3.05) is 4.90 Å². The largest absolute Gasteiger partial charge is 0.485 e. The zero-order valence-corrected chi connectivity index (χ0v) is 20.0. The van der Waals surface area contributed by atoms with E-state index in [2.05, 4.69) is 16.0 Å². The van der Waals surface area contributed by atoms with Crippen LogP contribution in [-0.2, 0) is 17.9 Å². The van der Waals surface area contributed by atoms with Gasteiger partial charge >= 0.3 is 6.61 Å². The van der Waals surface area contributed by atoms with E-state index < -0.39 is 6.61 Å². The Kier molecular flexibility index (Phi) is 6.68. The molecule has 8 nitrogen and oxygen atoms in total. The van der Waals surface area contributed by atoms with Gasteiger partial charge in [0.1, 0.15) is 29.7 Å². The number of nitriles is 1. The van der Waals surface area contributed by atoms with Gasteiger partial charge in [-0.05, 0) is 43.7 Å². The number of hydrogen-bond donors (Lipinski definition) is 0. The summed E-state index contributed by atoms with van der Waals surface area (Å²) in [6.07, 6.45) is 2.85. The second-order valence-electron chi connectivity index (χ2n) is 8.71. The van der Waals surface area contributed by atoms with Gasteiger partial charge in [0.25, 0.3) is 0 Å². The number of alkyl halides is 2. The molecule has 1 aliphatic heterocycles. The summed E-state index contributed by atoms with van der Waals surface area (Å²) in [6.45, 7) is -0.747. The Hall–Kier alpha value is -4.52. The summed E-state index contributed by atoms with van der Waals surface area (Å²) in [6, 6.07) is 17.2. The Balaban J connectivity index is 1.47. The third-order valence-electron chi connectivity index (χ3n) is 6.29. The lowest BCUT2D eigenvalue weighted by Crippen LogP contribution is -2.31. The number of aromatic nitrogens is 3. The average molecular weight is 504 g/mol. The summed E-state index contributed by atoms with van der Waals surface area (Å²) in [7, 11) is 0. The van der Waals surface area contributed by atoms with Crippen LogP contribution in [0.3, 0.4) is 0 Å². The number of para-hydroxylation sites is 1. The van der Waals surface area contributed by atoms with Crippen molar-refractivity contribution < 1.29 is 23.0 Å². The van der Waals surface area contributed by atoms with Crippen LogP contribution in [0, 0.1) is 11.3 Å². The van der Waals surface area contributed by atoms with Gasteiger partial charge in [0.05, 0.1) is 29.2 Å². The van der Waals surface area contributed by atoms with Crippen molar-refractivity contribution in [3.8, 4) is 17.6 Å². The number of anilines is 1. The van der Waals surface area contributed by atoms with E-state index in [9.17, 15) is 18.8 Å². The molecule has 1 fully saturated rings. The predicted octanol–water partition coefficient (Wildman–Crippen LogP) is 5.05. The molecular formula is C27H23F2N5O3. The number of carbonyl (C=O) groups is 1. The highest BCUT2D eigenvalue weighted by Crippen LogP contribution is 2.29. The summed E-state index contributed by atoms with van der Waals surface area (Å²) in [5.74, 6) is 1.65. The van der Waals surface area contributed by atoms with Gasteiger partial charge in [-0.3, -0.25) is 9.69 Å². The first kappa shape index (κ1) is 24.2. The molecule has 0 aliphatic carbocycles. The van der Waals surface area contributed by atoms with Crippen molar-refractivity contribution >= 4 is 22.8 Å². The van der Waals surface area contributed by atoms with E-state index >= 15 is 0 Å². The van der Waals surface area contributed by atoms with Crippen LogP contribution in [-0.4, -0.2) is 33.1 Å². The number of amides is 1. The van der Waals surface area contributed by atoms with Gasteiger partial charge < -0.3 is 14.0 Å². The van der Waals surface area contributed by atoms with E-state index in [1.807, 2.05) is 11.5 Å². The number of pyridine rings is 1. The quantitative estimate of drug-likeness (QED) is 0.334. The van der Waals surface area contributed by atoms with E-state index in [4.69, 9.17) is 9.47 Å². The molecule has 0 saturated carbocycles. The van der Waals surface area contributed by atoms with Crippen LogP contribution in [0.4, 0.5) is 14.6 Å². The van der Waals surface area contributed by atoms with Crippen LogP contribution < -0.4 is 14.4 Å². The molecule has 37 heavy (non-hydrogen) atoms. The number of carbonyl (C=O) groups excluding carboxylic acids is 1. The molecule has 1 amide bonds. The van der Waals surface area contributed by atoms with Gasteiger partial charge in [-0.1, -0.05) is 18.2 Å². The number of nitrogens with zero attached hydrogens (tertiary/aromatic N) is 5. The van der Waals surface area contributed by atoms with Crippen molar-refractivity contribution in [1.29, 1.82) is 5.26 Å². The first-order valence-electron chi connectivity index (χ1n) is 11.8. The highest BCUT2D eigenvalue weighted by molar-refractivity contribution is 5.95. The predicted molar refractivity (Wildman–Crippen MR) is 131 cm³/mol. The summed E-state index contributed by atoms with van der Waals surface area (Å²) >= 11 is 0. The summed E-state index contributed by atoms with van der Waals surface area (Å²) in [4.78, 5) is 23.0. The number of fused-ring (bicyclic) bond motifs is 1. The van der Waals surface area contributed by atoms with Crippen LogP contribution in [0.1, 0.15) is 36.7 Å². The third kappa shape index (κ3) is 5.07. The minimum atomic E-state index is -2.96. The normalized spacial score (nSPS) is 15.4. The van der Waals surface area contributed by atoms with Crippen LogP contribution in [0.2, 0.25) is 0 Å². The SMILES string of the molecule is CC1CCC(=O)N1c1cc(OCc2nc3ccc(C#N)cc3n2Cc2ccccc2OC(F)F)ccn1. The van der Waals surface area contributed by atoms with Crippen molar-refractivity contribution in [2.24, 2.45) is 0 Å². The fourth-order valence-corrected chi connectivity index (χ4v) is 4.49. The Morgan fingerprint density at radius 2 is 2.03 bits per heavy atom. The number of rotatable bonds is 8. The molecule has 3 heterocycles. The molecule has 1 saturated heterocycles. The molecular weight excluding hydrogens is 480 g/mol. The standard InChI is InChI=1S/C27H23F2N5O3/c1-17-6-9-26(35)34(17)24-13-20(10-11-31-24)36-16-25-32-21-8-7-18(14-30)12-22(21)33(25)15-19-4-2-3-5-23(19)37-27(28)29/h2-5,7-8,10-13,17,27H,6,9,15-16H2,1H3. The topological polar surface area (TPSA) is 93.3 Å². The molecule has 5 rings (SSSR count). The maximum absolute atomic E-state index is 13.0. The lowest BCUT2D eigenvalue weighted by Gasteiger charge is -2.21. The molecule has 10 heteroatoms. The molecule has 2 aromatic heterocycles. The van der Waals surface area contributed by atoms with Crippen molar-refractivity contribution in [2.45, 2.75) is 45.6 Å². The third-order valence-corrected chi connectivity index (χ3v) is 6.29. The van der Waals surface area contributed by atoms with Gasteiger partial charge in [-0.25, -0.2) is 9.97 Å². The molecule has 2 aromatic carbocycles. The first-order valence-corrected chi connectivity index (χ1v) is 11.8. The van der Waals surface area contributed by atoms with Gasteiger partial charge in [0.15, 0.2) is 0 Å². The second-order valence-corrected chi connectivity index (χ2v) is 8.71. The molecule has 1 atom stereocenters. The molecule has 0 spiro atoms. The summed E-state index contributed by atoms with van der Waals surface area (Å²) in [5.41, 5.74) is 2.27. The van der Waals surface area contributed by atoms with Gasteiger partial charge in [0, 0.05) is 30.3 Å². The van der Waals surface area contributed by atoms with Gasteiger partial charge in [0.2, 0.25) is 5.91 Å². The molecule has 188 valence electrons. The maximum atomic E-state index is 13.0. The minimum Gasteiger partial charge on any atom is -0.485 e. The van der Waals surface area contributed by atoms with E-state index in [-0.39, 0.29) is 30.9 Å². The maximum Gasteiger partial charge on any atom is 0.387 e. The average Bonchev–Trinajstić information content (AvgIpc) is 3.41. The monoisotopic (exact) mass is 503 g/mol. The Morgan fingerprint density at radius 3 is 2.78 bits per heavy atom. The highest BCUT2D eigenvalue weighted by Gasteiger charge is 2.30. The number of hydrogen-bond acceptors (Lipinski definition) is 6. The number of halogens is 2. The molecule has 1 aliphatic rings. The van der Waals surface area contributed by atoms with Crippen molar-refractivity contribution in [3.63, 3.8) is 0 Å². The Bertz CT molecular complexity index is 1500. The number of ether oxygens (including phenoxy) is 2. The number of benzene rings is 2. The lowest BCUT2D eigenvalue weighted by molar-refractivity contribution is -0.117. The summed E-state index contributed by atoms with van der Waals surface area (Å²) < 4.78 is 38.5. The van der Waals surface area contributed by atoms with E-state index in [0.29, 0.717) is 46.0 Å². The lowest BCUT2D eigenvalue weighted by atomic mass is 10.2. The van der Waals surface area contributed by atoms with E-state index in [0.717, 1.165) is 6.42 Å². The van der Waals surface area contributed by atoms with Crippen molar-refractivity contribution in [1.82, 2.24) is 14.5 Å². The first-order chi connectivity index (χ1) is 17.9. The molecule has 1 unspecified atom stereocenters. The molecule has 0 bridgehead atoms. The molecule has 4 aromatic rings. The molecule has 0 N–H and O–H groups in total. The Morgan fingerprint density at radius 1 is 1.19 bits per heavy atom. The fraction of sp³-hybridized carbons (Fsp3) is 0.259. The highest BCUT2D eigenvalue weighted by atomic mass is 19.3. The minimum absolute atomic E-state index is 0.0249. The Labute approximate surface area is 211 Å². The van der Waals surface area contributed by atoms with E-state index in [1.54, 1.807) is 59.6 Å². The molecule has 0 radical (unpaired) electrons. The van der Waals surface area contributed by atoms with Gasteiger partial charge in [-0.2, -0.15) is 14.0 Å². The smallest absolute Gasteiger partial charge is 0.387 e. The second kappa shape index (κ2) is 10.2. The zero-order chi connectivity index (χ0) is 25.9. The summed E-state index contributed by atoms with van der Waals surface area (Å²) in [5, 5.41) is 9.39. The van der Waals surface area contributed by atoms with E-state index in [1.165, 1.54) is 6.07 Å². The van der Waals surface area contributed by atoms with Crippen molar-refractivity contribution in [3.05, 3.63) is 77.7 Å². The van der Waals surface area contributed by atoms with Crippen LogP contribution >= 0.6 is 0 Å². The fourth-order valence-electron chi connectivity index (χ4n) is 4.49. The van der Waals surface area contributed by atoms with Crippen LogP contribution in [0.5, 0.6) is 11.5 Å². The van der Waals surface area contributed by atoms with Gasteiger partial charge in [-0.15, -0.1) is 0 Å². The van der Waals surface area contributed by atoms with Crippen LogP contribution in [0.15, 0.2) is 60.8 Å². The number of imidazole rings is 1. The zero-order valence-electron chi connectivity index (χ0n) is 20.0.